The SMILES string of the molecule is Cc1cc(CN(C)C(=O)NC[C@@H]2CC(=O)N(C(C)C)C2)ccn1. The summed E-state index contributed by atoms with van der Waals surface area (Å²) in [6, 6.07) is 3.99. The summed E-state index contributed by atoms with van der Waals surface area (Å²) in [7, 11) is 1.77. The first-order chi connectivity index (χ1) is 10.9. The third kappa shape index (κ3) is 4.68. The van der Waals surface area contributed by atoms with Crippen molar-refractivity contribution in [2.24, 2.45) is 5.92 Å². The number of rotatable bonds is 5. The van der Waals surface area contributed by atoms with Gasteiger partial charge in [0.15, 0.2) is 0 Å². The summed E-state index contributed by atoms with van der Waals surface area (Å²) in [6.45, 7) is 7.77. The van der Waals surface area contributed by atoms with Gasteiger partial charge in [-0.05, 0) is 38.5 Å². The van der Waals surface area contributed by atoms with Crippen LogP contribution in [0.25, 0.3) is 0 Å². The molecular weight excluding hydrogens is 292 g/mol. The Morgan fingerprint density at radius 2 is 2.26 bits per heavy atom. The Hall–Kier alpha value is -2.11. The number of carbonyl (C=O) groups is 2. The molecule has 1 N–H and O–H groups in total. The number of aryl methyl sites for hydroxylation is 1. The van der Waals surface area contributed by atoms with E-state index in [1.807, 2.05) is 37.8 Å². The molecule has 1 aliphatic heterocycles. The second-order valence-corrected chi connectivity index (χ2v) is 6.56. The third-order valence-electron chi connectivity index (χ3n) is 4.13. The lowest BCUT2D eigenvalue weighted by atomic mass is 10.1. The number of hydrogen-bond acceptors (Lipinski definition) is 3. The first kappa shape index (κ1) is 17.2. The van der Waals surface area contributed by atoms with E-state index in [9.17, 15) is 9.59 Å². The summed E-state index contributed by atoms with van der Waals surface area (Å²) >= 11 is 0. The largest absolute Gasteiger partial charge is 0.340 e. The van der Waals surface area contributed by atoms with Crippen LogP contribution in [0.5, 0.6) is 0 Å². The Labute approximate surface area is 137 Å². The van der Waals surface area contributed by atoms with Crippen LogP contribution < -0.4 is 5.32 Å². The Kier molecular flexibility index (Phi) is 5.58. The maximum Gasteiger partial charge on any atom is 0.317 e. The first-order valence-electron chi connectivity index (χ1n) is 8.06. The molecule has 0 unspecified atom stereocenters. The molecule has 2 heterocycles. The smallest absolute Gasteiger partial charge is 0.317 e. The molecule has 0 bridgehead atoms. The van der Waals surface area contributed by atoms with Crippen LogP contribution in [-0.2, 0) is 11.3 Å². The van der Waals surface area contributed by atoms with Gasteiger partial charge >= 0.3 is 6.03 Å². The molecule has 1 aliphatic rings. The number of carbonyl (C=O) groups excluding carboxylic acids is 2. The van der Waals surface area contributed by atoms with Crippen molar-refractivity contribution in [3.8, 4) is 0 Å². The Morgan fingerprint density at radius 1 is 1.52 bits per heavy atom. The molecule has 2 rings (SSSR count). The Balaban J connectivity index is 1.79. The monoisotopic (exact) mass is 318 g/mol. The van der Waals surface area contributed by atoms with Crippen molar-refractivity contribution < 1.29 is 9.59 Å². The van der Waals surface area contributed by atoms with Gasteiger partial charge in [0.2, 0.25) is 5.91 Å². The van der Waals surface area contributed by atoms with Crippen molar-refractivity contribution in [1.29, 1.82) is 0 Å². The number of nitrogens with one attached hydrogen (secondary N) is 1. The quantitative estimate of drug-likeness (QED) is 0.900. The molecule has 1 fully saturated rings. The average Bonchev–Trinajstić information content (AvgIpc) is 2.86. The lowest BCUT2D eigenvalue weighted by molar-refractivity contribution is -0.129. The minimum atomic E-state index is -0.116. The van der Waals surface area contributed by atoms with E-state index in [0.717, 1.165) is 17.8 Å². The molecule has 3 amide bonds. The van der Waals surface area contributed by atoms with Crippen LogP contribution in [0.15, 0.2) is 18.3 Å². The standard InChI is InChI=1S/C17H26N4O2/c1-12(2)21-11-15(8-16(21)22)9-19-17(23)20(4)10-14-5-6-18-13(3)7-14/h5-7,12,15H,8-11H2,1-4H3,(H,19,23)/t15-/m0/s1. The fourth-order valence-electron chi connectivity index (χ4n) is 2.86. The normalized spacial score (nSPS) is 17.7. The van der Waals surface area contributed by atoms with Crippen molar-refractivity contribution in [2.75, 3.05) is 20.1 Å². The number of aromatic nitrogens is 1. The highest BCUT2D eigenvalue weighted by Crippen LogP contribution is 2.19. The molecule has 0 saturated carbocycles. The Bertz CT molecular complexity index is 573. The van der Waals surface area contributed by atoms with Crippen molar-refractivity contribution in [3.63, 3.8) is 0 Å². The second kappa shape index (κ2) is 7.44. The Morgan fingerprint density at radius 3 is 2.87 bits per heavy atom. The zero-order valence-electron chi connectivity index (χ0n) is 14.4. The number of likely N-dealkylation sites (tertiary alicyclic amines) is 1. The summed E-state index contributed by atoms with van der Waals surface area (Å²) < 4.78 is 0. The molecule has 0 aliphatic carbocycles. The number of urea groups is 1. The lowest BCUT2D eigenvalue weighted by Crippen LogP contribution is -2.40. The van der Waals surface area contributed by atoms with E-state index in [-0.39, 0.29) is 23.9 Å². The highest BCUT2D eigenvalue weighted by molar-refractivity contribution is 5.79. The van der Waals surface area contributed by atoms with Crippen LogP contribution in [-0.4, -0.2) is 52.9 Å². The van der Waals surface area contributed by atoms with E-state index < -0.39 is 0 Å². The topological polar surface area (TPSA) is 65.5 Å². The molecular formula is C17H26N4O2. The molecule has 126 valence electrons. The molecule has 1 aromatic heterocycles. The van der Waals surface area contributed by atoms with E-state index in [0.29, 0.717) is 19.5 Å². The van der Waals surface area contributed by atoms with Gasteiger partial charge in [0, 0.05) is 57.0 Å². The average molecular weight is 318 g/mol. The van der Waals surface area contributed by atoms with Gasteiger partial charge in [0.25, 0.3) is 0 Å². The molecule has 0 spiro atoms. The lowest BCUT2D eigenvalue weighted by Gasteiger charge is -2.22. The summed E-state index contributed by atoms with van der Waals surface area (Å²) in [5, 5.41) is 2.93. The minimum absolute atomic E-state index is 0.116. The molecule has 6 nitrogen and oxygen atoms in total. The molecule has 0 aromatic carbocycles. The molecule has 1 aromatic rings. The van der Waals surface area contributed by atoms with Crippen LogP contribution >= 0.6 is 0 Å². The van der Waals surface area contributed by atoms with Gasteiger partial charge in [0.05, 0.1) is 0 Å². The van der Waals surface area contributed by atoms with Gasteiger partial charge in [0.1, 0.15) is 0 Å². The predicted molar refractivity (Wildman–Crippen MR) is 88.8 cm³/mol. The number of nitrogens with zero attached hydrogens (tertiary/aromatic N) is 3. The highest BCUT2D eigenvalue weighted by Gasteiger charge is 2.31. The highest BCUT2D eigenvalue weighted by atomic mass is 16.2. The van der Waals surface area contributed by atoms with Gasteiger partial charge in [-0.1, -0.05) is 0 Å². The second-order valence-electron chi connectivity index (χ2n) is 6.56. The van der Waals surface area contributed by atoms with E-state index in [1.165, 1.54) is 0 Å². The van der Waals surface area contributed by atoms with Crippen molar-refractivity contribution in [2.45, 2.75) is 39.8 Å². The minimum Gasteiger partial charge on any atom is -0.340 e. The molecule has 23 heavy (non-hydrogen) atoms. The fourth-order valence-corrected chi connectivity index (χ4v) is 2.86. The molecule has 1 atom stereocenters. The van der Waals surface area contributed by atoms with E-state index in [4.69, 9.17) is 0 Å². The number of hydrogen-bond donors (Lipinski definition) is 1. The van der Waals surface area contributed by atoms with E-state index in [2.05, 4.69) is 10.3 Å². The van der Waals surface area contributed by atoms with E-state index >= 15 is 0 Å². The first-order valence-corrected chi connectivity index (χ1v) is 8.06. The van der Waals surface area contributed by atoms with Crippen molar-refractivity contribution in [1.82, 2.24) is 20.1 Å². The number of pyridine rings is 1. The van der Waals surface area contributed by atoms with Crippen molar-refractivity contribution >= 4 is 11.9 Å². The van der Waals surface area contributed by atoms with Crippen LogP contribution in [0.2, 0.25) is 0 Å². The van der Waals surface area contributed by atoms with Crippen LogP contribution in [0.4, 0.5) is 4.79 Å². The van der Waals surface area contributed by atoms with Crippen molar-refractivity contribution in [3.05, 3.63) is 29.6 Å². The van der Waals surface area contributed by atoms with Gasteiger partial charge < -0.3 is 15.1 Å². The fraction of sp³-hybridized carbons (Fsp3) is 0.588. The van der Waals surface area contributed by atoms with Crippen LogP contribution in [0.3, 0.4) is 0 Å². The van der Waals surface area contributed by atoms with Gasteiger partial charge in [-0.25, -0.2) is 4.79 Å². The van der Waals surface area contributed by atoms with E-state index in [1.54, 1.807) is 18.1 Å². The van der Waals surface area contributed by atoms with Crippen LogP contribution in [0, 0.1) is 12.8 Å². The molecule has 1 saturated heterocycles. The molecule has 6 heteroatoms. The zero-order chi connectivity index (χ0) is 17.0. The van der Waals surface area contributed by atoms with Gasteiger partial charge in [-0.15, -0.1) is 0 Å². The third-order valence-corrected chi connectivity index (χ3v) is 4.13. The number of amides is 3. The zero-order valence-corrected chi connectivity index (χ0v) is 14.4. The summed E-state index contributed by atoms with van der Waals surface area (Å²) in [4.78, 5) is 31.7. The maximum absolute atomic E-state index is 12.2. The van der Waals surface area contributed by atoms with Crippen LogP contribution in [0.1, 0.15) is 31.5 Å². The summed E-state index contributed by atoms with van der Waals surface area (Å²) in [5.41, 5.74) is 1.99. The maximum atomic E-state index is 12.2. The molecule has 0 radical (unpaired) electrons. The predicted octanol–water partition coefficient (Wildman–Crippen LogP) is 1.79. The summed E-state index contributed by atoms with van der Waals surface area (Å²) in [6.07, 6.45) is 2.27. The van der Waals surface area contributed by atoms with Gasteiger partial charge in [-0.3, -0.25) is 9.78 Å². The van der Waals surface area contributed by atoms with Gasteiger partial charge in [-0.2, -0.15) is 0 Å². The summed E-state index contributed by atoms with van der Waals surface area (Å²) in [5.74, 6) is 0.380.